The topological polar surface area (TPSA) is 45.1 Å². The van der Waals surface area contributed by atoms with Crippen molar-refractivity contribution in [1.82, 2.24) is 10.3 Å². The average Bonchev–Trinajstić information content (AvgIpc) is 2.16. The van der Waals surface area contributed by atoms with E-state index in [2.05, 4.69) is 10.3 Å². The lowest BCUT2D eigenvalue weighted by molar-refractivity contribution is 0.251. The fourth-order valence-corrected chi connectivity index (χ4v) is 0.859. The minimum atomic E-state index is 0.144. The van der Waals surface area contributed by atoms with Gasteiger partial charge in [-0.1, -0.05) is 6.07 Å². The van der Waals surface area contributed by atoms with Crippen LogP contribution >= 0.6 is 0 Å². The highest BCUT2D eigenvalue weighted by Gasteiger charge is 1.97. The first-order valence-corrected chi connectivity index (χ1v) is 4.06. The Kier molecular flexibility index (Phi) is 3.70. The zero-order chi connectivity index (χ0) is 8.81. The normalized spacial score (nSPS) is 12.8. The van der Waals surface area contributed by atoms with Crippen LogP contribution in [0.4, 0.5) is 0 Å². The van der Waals surface area contributed by atoms with Crippen molar-refractivity contribution in [3.8, 4) is 0 Å². The van der Waals surface area contributed by atoms with Crippen molar-refractivity contribution in [1.29, 1.82) is 0 Å². The third-order valence-corrected chi connectivity index (χ3v) is 1.65. The first kappa shape index (κ1) is 9.16. The molecule has 0 saturated carbocycles. The van der Waals surface area contributed by atoms with Crippen LogP contribution in [0.3, 0.4) is 0 Å². The molecule has 0 spiro atoms. The minimum absolute atomic E-state index is 0.144. The van der Waals surface area contributed by atoms with Crippen molar-refractivity contribution >= 4 is 0 Å². The fraction of sp³-hybridized carbons (Fsp3) is 0.444. The minimum Gasteiger partial charge on any atom is -0.395 e. The first-order valence-electron chi connectivity index (χ1n) is 4.06. The molecular formula is C9H14N2O. The smallest absolute Gasteiger partial charge is 0.0582 e. The maximum Gasteiger partial charge on any atom is 0.0582 e. The van der Waals surface area contributed by atoms with E-state index in [0.717, 1.165) is 12.1 Å². The Morgan fingerprint density at radius 3 is 3.08 bits per heavy atom. The van der Waals surface area contributed by atoms with Crippen LogP contribution < -0.4 is 5.32 Å². The van der Waals surface area contributed by atoms with Crippen LogP contribution in [0.2, 0.25) is 0 Å². The third-order valence-electron chi connectivity index (χ3n) is 1.65. The molecule has 1 aromatic heterocycles. The number of hydrogen-bond donors (Lipinski definition) is 2. The van der Waals surface area contributed by atoms with Gasteiger partial charge in [-0.05, 0) is 18.6 Å². The number of hydrogen-bond acceptors (Lipinski definition) is 3. The summed E-state index contributed by atoms with van der Waals surface area (Å²) in [6, 6.07) is 4.05. The van der Waals surface area contributed by atoms with E-state index in [1.165, 1.54) is 0 Å². The Morgan fingerprint density at radius 1 is 1.67 bits per heavy atom. The average molecular weight is 166 g/mol. The number of nitrogens with one attached hydrogen (secondary N) is 1. The van der Waals surface area contributed by atoms with Gasteiger partial charge in [0.25, 0.3) is 0 Å². The van der Waals surface area contributed by atoms with Crippen molar-refractivity contribution in [2.45, 2.75) is 19.5 Å². The Bertz CT molecular complexity index is 213. The molecule has 1 heterocycles. The van der Waals surface area contributed by atoms with Crippen molar-refractivity contribution in [2.24, 2.45) is 0 Å². The van der Waals surface area contributed by atoms with Gasteiger partial charge in [0, 0.05) is 25.0 Å². The van der Waals surface area contributed by atoms with Gasteiger partial charge in [-0.15, -0.1) is 0 Å². The molecule has 66 valence electrons. The summed E-state index contributed by atoms with van der Waals surface area (Å²) in [5.74, 6) is 0. The second kappa shape index (κ2) is 4.85. The lowest BCUT2D eigenvalue weighted by Gasteiger charge is -2.09. The zero-order valence-electron chi connectivity index (χ0n) is 7.20. The Labute approximate surface area is 72.5 Å². The van der Waals surface area contributed by atoms with Crippen LogP contribution in [0.15, 0.2) is 24.5 Å². The van der Waals surface area contributed by atoms with Crippen molar-refractivity contribution in [2.75, 3.05) is 6.61 Å². The van der Waals surface area contributed by atoms with Crippen LogP contribution in [-0.2, 0) is 6.54 Å². The molecule has 1 unspecified atom stereocenters. The molecule has 0 aliphatic heterocycles. The number of aliphatic hydroxyl groups is 1. The summed E-state index contributed by atoms with van der Waals surface area (Å²) < 4.78 is 0. The molecule has 3 nitrogen and oxygen atoms in total. The summed E-state index contributed by atoms with van der Waals surface area (Å²) in [5.41, 5.74) is 1.14. The predicted octanol–water partition coefficient (Wildman–Crippen LogP) is 0.552. The van der Waals surface area contributed by atoms with Crippen LogP contribution in [0.25, 0.3) is 0 Å². The Hall–Kier alpha value is -0.930. The Balaban J connectivity index is 2.33. The van der Waals surface area contributed by atoms with E-state index >= 15 is 0 Å². The number of rotatable bonds is 4. The quantitative estimate of drug-likeness (QED) is 0.686. The fourth-order valence-electron chi connectivity index (χ4n) is 0.859. The monoisotopic (exact) mass is 166 g/mol. The van der Waals surface area contributed by atoms with E-state index in [4.69, 9.17) is 5.11 Å². The molecular weight excluding hydrogens is 152 g/mol. The third kappa shape index (κ3) is 2.98. The summed E-state index contributed by atoms with van der Waals surface area (Å²) in [5, 5.41) is 11.9. The second-order valence-electron chi connectivity index (χ2n) is 2.83. The van der Waals surface area contributed by atoms with Crippen LogP contribution in [0, 0.1) is 0 Å². The van der Waals surface area contributed by atoms with Gasteiger partial charge in [0.15, 0.2) is 0 Å². The zero-order valence-corrected chi connectivity index (χ0v) is 7.20. The SMILES string of the molecule is CC(CO)NCc1cccnc1. The lowest BCUT2D eigenvalue weighted by atomic mass is 10.2. The van der Waals surface area contributed by atoms with Crippen LogP contribution in [0.1, 0.15) is 12.5 Å². The van der Waals surface area contributed by atoms with E-state index in [1.54, 1.807) is 6.20 Å². The molecule has 3 heteroatoms. The molecule has 0 bridgehead atoms. The molecule has 0 radical (unpaired) electrons. The molecule has 0 fully saturated rings. The lowest BCUT2D eigenvalue weighted by Crippen LogP contribution is -2.28. The standard InChI is InChI=1S/C9H14N2O/c1-8(7-12)11-6-9-3-2-4-10-5-9/h2-5,8,11-12H,6-7H2,1H3. The largest absolute Gasteiger partial charge is 0.395 e. The maximum atomic E-state index is 8.73. The van der Waals surface area contributed by atoms with Crippen molar-refractivity contribution in [3.05, 3.63) is 30.1 Å². The molecule has 12 heavy (non-hydrogen) atoms. The van der Waals surface area contributed by atoms with Gasteiger partial charge in [-0.2, -0.15) is 0 Å². The highest BCUT2D eigenvalue weighted by molar-refractivity contribution is 5.07. The number of aromatic nitrogens is 1. The van der Waals surface area contributed by atoms with E-state index in [9.17, 15) is 0 Å². The van der Waals surface area contributed by atoms with Gasteiger partial charge in [0.05, 0.1) is 6.61 Å². The molecule has 2 N–H and O–H groups in total. The number of pyridine rings is 1. The molecule has 0 saturated heterocycles. The molecule has 0 aliphatic carbocycles. The van der Waals surface area contributed by atoms with Gasteiger partial charge in [0.1, 0.15) is 0 Å². The van der Waals surface area contributed by atoms with Crippen molar-refractivity contribution < 1.29 is 5.11 Å². The van der Waals surface area contributed by atoms with E-state index in [0.29, 0.717) is 0 Å². The van der Waals surface area contributed by atoms with Crippen LogP contribution in [-0.4, -0.2) is 22.7 Å². The summed E-state index contributed by atoms with van der Waals surface area (Å²) in [7, 11) is 0. The summed E-state index contributed by atoms with van der Waals surface area (Å²) in [6.45, 7) is 2.87. The van der Waals surface area contributed by atoms with Gasteiger partial charge >= 0.3 is 0 Å². The molecule has 0 aromatic carbocycles. The molecule has 1 rings (SSSR count). The number of nitrogens with zero attached hydrogens (tertiary/aromatic N) is 1. The summed E-state index contributed by atoms with van der Waals surface area (Å²) in [4.78, 5) is 3.99. The van der Waals surface area contributed by atoms with E-state index in [1.807, 2.05) is 25.3 Å². The van der Waals surface area contributed by atoms with E-state index in [-0.39, 0.29) is 12.6 Å². The van der Waals surface area contributed by atoms with Crippen molar-refractivity contribution in [3.63, 3.8) is 0 Å². The van der Waals surface area contributed by atoms with Gasteiger partial charge in [0.2, 0.25) is 0 Å². The molecule has 0 amide bonds. The molecule has 1 atom stereocenters. The second-order valence-corrected chi connectivity index (χ2v) is 2.83. The Morgan fingerprint density at radius 2 is 2.50 bits per heavy atom. The first-order chi connectivity index (χ1) is 5.83. The predicted molar refractivity (Wildman–Crippen MR) is 47.6 cm³/mol. The molecule has 1 aromatic rings. The molecule has 0 aliphatic rings. The van der Waals surface area contributed by atoms with E-state index < -0.39 is 0 Å². The van der Waals surface area contributed by atoms with Gasteiger partial charge in [-0.3, -0.25) is 4.98 Å². The maximum absolute atomic E-state index is 8.73. The summed E-state index contributed by atoms with van der Waals surface area (Å²) >= 11 is 0. The van der Waals surface area contributed by atoms with Gasteiger partial charge < -0.3 is 10.4 Å². The highest BCUT2D eigenvalue weighted by atomic mass is 16.3. The van der Waals surface area contributed by atoms with Gasteiger partial charge in [-0.25, -0.2) is 0 Å². The number of aliphatic hydroxyl groups excluding tert-OH is 1. The van der Waals surface area contributed by atoms with Crippen LogP contribution in [0.5, 0.6) is 0 Å². The summed E-state index contributed by atoms with van der Waals surface area (Å²) in [6.07, 6.45) is 3.57. The highest BCUT2D eigenvalue weighted by Crippen LogP contribution is 1.94.